The van der Waals surface area contributed by atoms with Gasteiger partial charge in [-0.2, -0.15) is 0 Å². The van der Waals surface area contributed by atoms with E-state index in [1.54, 1.807) is 6.07 Å². The number of nitrogens with two attached hydrogens (primary N) is 1. The number of nitrogens with zero attached hydrogens (tertiary/aromatic N) is 3. The van der Waals surface area contributed by atoms with Gasteiger partial charge in [0.25, 0.3) is 5.56 Å². The molecule has 0 unspecified atom stereocenters. The maximum Gasteiger partial charge on any atom is 0.272 e. The Hall–Kier alpha value is -1.70. The average molecular weight is 291 g/mol. The van der Waals surface area contributed by atoms with E-state index in [1.807, 2.05) is 13.0 Å². The van der Waals surface area contributed by atoms with Crippen LogP contribution in [-0.4, -0.2) is 51.8 Å². The first-order valence-electron chi connectivity index (χ1n) is 7.28. The van der Waals surface area contributed by atoms with Gasteiger partial charge in [0.2, 0.25) is 0 Å². The summed E-state index contributed by atoms with van der Waals surface area (Å²) in [6.45, 7) is 5.61. The second-order valence-electron chi connectivity index (χ2n) is 5.52. The van der Waals surface area contributed by atoms with Crippen molar-refractivity contribution in [2.45, 2.75) is 26.0 Å². The number of nitrogens with one attached hydrogen (secondary N) is 1. The van der Waals surface area contributed by atoms with Crippen LogP contribution in [0.4, 0.5) is 0 Å². The molecule has 114 valence electrons. The van der Waals surface area contributed by atoms with Crippen LogP contribution in [0.2, 0.25) is 0 Å². The molecule has 3 N–H and O–H groups in total. The molecule has 1 aliphatic rings. The molecule has 1 fully saturated rings. The third-order valence-corrected chi connectivity index (χ3v) is 3.73. The van der Waals surface area contributed by atoms with Crippen molar-refractivity contribution in [1.29, 1.82) is 0 Å². The summed E-state index contributed by atoms with van der Waals surface area (Å²) in [7, 11) is 0. The van der Waals surface area contributed by atoms with Gasteiger partial charge in [-0.25, -0.2) is 9.50 Å². The van der Waals surface area contributed by atoms with Crippen LogP contribution in [0.3, 0.4) is 0 Å². The molecule has 1 aliphatic heterocycles. The van der Waals surface area contributed by atoms with Crippen molar-refractivity contribution in [3.63, 3.8) is 0 Å². The first-order chi connectivity index (χ1) is 10.2. The second kappa shape index (κ2) is 5.97. The zero-order valence-corrected chi connectivity index (χ0v) is 12.2. The highest BCUT2D eigenvalue weighted by Crippen LogP contribution is 2.11. The van der Waals surface area contributed by atoms with Gasteiger partial charge in [0.15, 0.2) is 5.65 Å². The molecular weight excluding hydrogens is 270 g/mol. The number of rotatable bonds is 4. The van der Waals surface area contributed by atoms with E-state index < -0.39 is 0 Å². The molecule has 2 aromatic heterocycles. The summed E-state index contributed by atoms with van der Waals surface area (Å²) in [4.78, 5) is 18.9. The van der Waals surface area contributed by atoms with Gasteiger partial charge >= 0.3 is 0 Å². The molecule has 0 bridgehead atoms. The van der Waals surface area contributed by atoms with Crippen molar-refractivity contribution >= 4 is 5.65 Å². The zero-order chi connectivity index (χ0) is 14.8. The summed E-state index contributed by atoms with van der Waals surface area (Å²) in [6.07, 6.45) is 1.05. The summed E-state index contributed by atoms with van der Waals surface area (Å²) in [5, 5.41) is 2.98. The third kappa shape index (κ3) is 3.15. The number of H-pyrrole nitrogens is 1. The zero-order valence-electron chi connectivity index (χ0n) is 12.2. The second-order valence-corrected chi connectivity index (χ2v) is 5.52. The molecule has 7 nitrogen and oxygen atoms in total. The number of aromatic amines is 1. The lowest BCUT2D eigenvalue weighted by molar-refractivity contribution is -0.0338. The smallest absolute Gasteiger partial charge is 0.272 e. The Morgan fingerprint density at radius 1 is 1.52 bits per heavy atom. The largest absolute Gasteiger partial charge is 0.376 e. The fourth-order valence-corrected chi connectivity index (χ4v) is 2.76. The Morgan fingerprint density at radius 3 is 3.19 bits per heavy atom. The summed E-state index contributed by atoms with van der Waals surface area (Å²) >= 11 is 0. The van der Waals surface area contributed by atoms with Crippen molar-refractivity contribution in [3.8, 4) is 0 Å². The van der Waals surface area contributed by atoms with Crippen molar-refractivity contribution in [2.75, 3.05) is 26.2 Å². The van der Waals surface area contributed by atoms with Crippen LogP contribution >= 0.6 is 0 Å². The molecule has 1 atom stereocenters. The molecule has 0 aliphatic carbocycles. The van der Waals surface area contributed by atoms with E-state index in [0.29, 0.717) is 25.3 Å². The first kappa shape index (κ1) is 14.2. The molecule has 1 saturated heterocycles. The van der Waals surface area contributed by atoms with Crippen molar-refractivity contribution < 1.29 is 4.74 Å². The van der Waals surface area contributed by atoms with Crippen molar-refractivity contribution in [3.05, 3.63) is 33.9 Å². The van der Waals surface area contributed by atoms with Gasteiger partial charge in [-0.1, -0.05) is 0 Å². The fraction of sp³-hybridized carbons (Fsp3) is 0.571. The monoisotopic (exact) mass is 291 g/mol. The Labute approximate surface area is 122 Å². The van der Waals surface area contributed by atoms with E-state index in [9.17, 15) is 4.79 Å². The minimum Gasteiger partial charge on any atom is -0.376 e. The third-order valence-electron chi connectivity index (χ3n) is 3.73. The summed E-state index contributed by atoms with van der Waals surface area (Å²) in [5.41, 5.74) is 7.90. The van der Waals surface area contributed by atoms with Gasteiger partial charge in [-0.3, -0.25) is 14.8 Å². The topological polar surface area (TPSA) is 88.7 Å². The Morgan fingerprint density at radius 2 is 2.38 bits per heavy atom. The average Bonchev–Trinajstić information content (AvgIpc) is 2.81. The maximum absolute atomic E-state index is 12.1. The predicted octanol–water partition coefficient (Wildman–Crippen LogP) is -0.119. The molecule has 21 heavy (non-hydrogen) atoms. The van der Waals surface area contributed by atoms with Gasteiger partial charge in [-0.05, 0) is 19.9 Å². The molecule has 0 amide bonds. The molecule has 0 spiro atoms. The Balaban J connectivity index is 1.76. The number of hydrogen-bond acceptors (Lipinski definition) is 5. The molecule has 0 radical (unpaired) electrons. The standard InChI is InChI=1S/C14H21N5O2/c1-10-6-13-16-11(7-14(20)19(13)17-10)8-18-4-5-21-12(9-18)2-3-15/h6-7,12,17H,2-5,8-9,15H2,1H3/t12-/m0/s1. The van der Waals surface area contributed by atoms with Crippen LogP contribution in [0.15, 0.2) is 16.9 Å². The highest BCUT2D eigenvalue weighted by molar-refractivity contribution is 5.39. The predicted molar refractivity (Wildman–Crippen MR) is 79.2 cm³/mol. The van der Waals surface area contributed by atoms with Crippen LogP contribution in [0.1, 0.15) is 17.8 Å². The van der Waals surface area contributed by atoms with E-state index in [2.05, 4.69) is 15.0 Å². The minimum absolute atomic E-state index is 0.0742. The van der Waals surface area contributed by atoms with Crippen LogP contribution < -0.4 is 11.3 Å². The van der Waals surface area contributed by atoms with Gasteiger partial charge in [0.1, 0.15) is 0 Å². The van der Waals surface area contributed by atoms with Crippen LogP contribution in [0, 0.1) is 6.92 Å². The molecule has 3 rings (SSSR count). The lowest BCUT2D eigenvalue weighted by Gasteiger charge is -2.32. The van der Waals surface area contributed by atoms with Crippen LogP contribution in [0.25, 0.3) is 5.65 Å². The van der Waals surface area contributed by atoms with Crippen molar-refractivity contribution in [1.82, 2.24) is 19.5 Å². The van der Waals surface area contributed by atoms with E-state index in [1.165, 1.54) is 4.52 Å². The highest BCUT2D eigenvalue weighted by atomic mass is 16.5. The van der Waals surface area contributed by atoms with E-state index >= 15 is 0 Å². The van der Waals surface area contributed by atoms with Gasteiger partial charge in [0, 0.05) is 37.5 Å². The fourth-order valence-electron chi connectivity index (χ4n) is 2.76. The SMILES string of the molecule is Cc1cc2nc(CN3CCO[C@@H](CCN)C3)cc(=O)n2[nH]1. The maximum atomic E-state index is 12.1. The number of aryl methyl sites for hydroxylation is 1. The quantitative estimate of drug-likeness (QED) is 0.820. The Kier molecular flexibility index (Phi) is 4.05. The van der Waals surface area contributed by atoms with E-state index in [-0.39, 0.29) is 11.7 Å². The summed E-state index contributed by atoms with van der Waals surface area (Å²) in [6, 6.07) is 3.47. The molecule has 0 aromatic carbocycles. The molecular formula is C14H21N5O2. The summed E-state index contributed by atoms with van der Waals surface area (Å²) < 4.78 is 7.14. The lowest BCUT2D eigenvalue weighted by Crippen LogP contribution is -2.43. The Bertz CT molecular complexity index is 676. The van der Waals surface area contributed by atoms with E-state index in [4.69, 9.17) is 10.5 Å². The number of fused-ring (bicyclic) bond motifs is 1. The van der Waals surface area contributed by atoms with Gasteiger partial charge in [-0.15, -0.1) is 0 Å². The van der Waals surface area contributed by atoms with Gasteiger partial charge < -0.3 is 10.5 Å². The highest BCUT2D eigenvalue weighted by Gasteiger charge is 2.20. The normalized spacial score (nSPS) is 20.2. The van der Waals surface area contributed by atoms with Gasteiger partial charge in [0.05, 0.1) is 18.4 Å². The summed E-state index contributed by atoms with van der Waals surface area (Å²) in [5.74, 6) is 0. The number of ether oxygens (including phenoxy) is 1. The number of aromatic nitrogens is 3. The van der Waals surface area contributed by atoms with Crippen LogP contribution in [-0.2, 0) is 11.3 Å². The first-order valence-corrected chi connectivity index (χ1v) is 7.28. The molecule has 7 heteroatoms. The number of hydrogen-bond donors (Lipinski definition) is 2. The number of morpholine rings is 1. The molecule has 2 aromatic rings. The van der Waals surface area contributed by atoms with E-state index in [0.717, 1.165) is 30.9 Å². The minimum atomic E-state index is -0.0742. The molecule has 3 heterocycles. The van der Waals surface area contributed by atoms with Crippen molar-refractivity contribution in [2.24, 2.45) is 5.73 Å². The van der Waals surface area contributed by atoms with Crippen LogP contribution in [0.5, 0.6) is 0 Å². The lowest BCUT2D eigenvalue weighted by atomic mass is 10.2. The molecule has 0 saturated carbocycles.